The lowest BCUT2D eigenvalue weighted by Gasteiger charge is -2.09. The van der Waals surface area contributed by atoms with Crippen molar-refractivity contribution in [2.45, 2.75) is 0 Å². The van der Waals surface area contributed by atoms with Crippen molar-refractivity contribution in [1.82, 2.24) is 4.98 Å². The highest BCUT2D eigenvalue weighted by atomic mass is 35.5. The molecular formula is C22H16Cl2FNO3S. The maximum Gasteiger partial charge on any atom is 0.341 e. The molecule has 30 heavy (non-hydrogen) atoms. The van der Waals surface area contributed by atoms with Crippen LogP contribution in [0.2, 0.25) is 10.0 Å². The third kappa shape index (κ3) is 4.90. The number of methoxy groups -OCH3 is 2. The van der Waals surface area contributed by atoms with Gasteiger partial charge in [0.25, 0.3) is 0 Å². The Labute approximate surface area is 187 Å². The number of carbonyl (C=O) groups excluding carboxylic acids is 1. The lowest BCUT2D eigenvalue weighted by atomic mass is 10.00. The van der Waals surface area contributed by atoms with Gasteiger partial charge in [0.2, 0.25) is 0 Å². The molecule has 0 unspecified atom stereocenters. The van der Waals surface area contributed by atoms with Crippen molar-refractivity contribution < 1.29 is 18.7 Å². The Morgan fingerprint density at radius 3 is 2.63 bits per heavy atom. The predicted molar refractivity (Wildman–Crippen MR) is 120 cm³/mol. The second kappa shape index (κ2) is 9.89. The average molecular weight is 464 g/mol. The number of esters is 1. The van der Waals surface area contributed by atoms with E-state index in [0.717, 1.165) is 0 Å². The third-order valence-corrected chi connectivity index (χ3v) is 5.51. The van der Waals surface area contributed by atoms with E-state index in [4.69, 9.17) is 32.7 Å². The summed E-state index contributed by atoms with van der Waals surface area (Å²) < 4.78 is 24.8. The van der Waals surface area contributed by atoms with E-state index in [1.54, 1.807) is 47.8 Å². The summed E-state index contributed by atoms with van der Waals surface area (Å²) in [5.74, 6) is -1.15. The molecule has 0 saturated heterocycles. The number of carbonyl (C=O) groups is 1. The van der Waals surface area contributed by atoms with Crippen LogP contribution in [0.15, 0.2) is 54.1 Å². The minimum atomic E-state index is -0.591. The van der Waals surface area contributed by atoms with Crippen LogP contribution in [0.5, 0.6) is 0 Å². The molecule has 1 aromatic heterocycles. The number of nitrogens with zero attached hydrogens (tertiary/aromatic N) is 1. The lowest BCUT2D eigenvalue weighted by molar-refractivity contribution is -0.133. The fourth-order valence-electron chi connectivity index (χ4n) is 2.70. The molecule has 0 aliphatic heterocycles. The number of thiazole rings is 1. The fraction of sp³-hybridized carbons (Fsp3) is 0.0909. The van der Waals surface area contributed by atoms with E-state index in [9.17, 15) is 4.79 Å². The van der Waals surface area contributed by atoms with Gasteiger partial charge in [-0.2, -0.15) is 0 Å². The van der Waals surface area contributed by atoms with E-state index in [1.807, 2.05) is 0 Å². The fourth-order valence-corrected chi connectivity index (χ4v) is 4.10. The number of halogens is 3. The van der Waals surface area contributed by atoms with E-state index in [2.05, 4.69) is 4.98 Å². The smallest absolute Gasteiger partial charge is 0.341 e. The maximum absolute atomic E-state index is 15.0. The summed E-state index contributed by atoms with van der Waals surface area (Å²) in [5.41, 5.74) is 1.94. The Morgan fingerprint density at radius 1 is 1.17 bits per heavy atom. The number of ether oxygens (including phenoxy) is 2. The molecule has 2 aromatic carbocycles. The molecule has 0 aliphatic carbocycles. The summed E-state index contributed by atoms with van der Waals surface area (Å²) in [6, 6.07) is 11.9. The summed E-state index contributed by atoms with van der Waals surface area (Å²) in [5, 5.41) is 3.11. The first-order valence-electron chi connectivity index (χ1n) is 8.63. The van der Waals surface area contributed by atoms with Crippen LogP contribution >= 0.6 is 34.5 Å². The second-order valence-corrected chi connectivity index (χ2v) is 7.70. The standard InChI is InChI=1S/C22H16Cl2FNO3S/c1-28-11-17(22(27)29-2)15-6-4-3-5-13(15)9-19(25)20-12-30-21(26-20)16-8-7-14(23)10-18(16)24/h3-12H,1-2H3. The molecule has 3 aromatic rings. The normalized spacial score (nSPS) is 12.0. The first kappa shape index (κ1) is 22.0. The van der Waals surface area contributed by atoms with Gasteiger partial charge in [0.05, 0.1) is 25.5 Å². The summed E-state index contributed by atoms with van der Waals surface area (Å²) in [7, 11) is 2.68. The van der Waals surface area contributed by atoms with E-state index < -0.39 is 11.8 Å². The van der Waals surface area contributed by atoms with Gasteiger partial charge in [0.1, 0.15) is 22.1 Å². The van der Waals surface area contributed by atoms with E-state index in [0.29, 0.717) is 31.7 Å². The lowest BCUT2D eigenvalue weighted by Crippen LogP contribution is -2.05. The molecule has 154 valence electrons. The Bertz CT molecular complexity index is 1140. The van der Waals surface area contributed by atoms with Gasteiger partial charge >= 0.3 is 5.97 Å². The van der Waals surface area contributed by atoms with E-state index in [1.165, 1.54) is 37.9 Å². The summed E-state index contributed by atoms with van der Waals surface area (Å²) in [6.07, 6.45) is 2.57. The van der Waals surface area contributed by atoms with Crippen molar-refractivity contribution >= 4 is 58.0 Å². The molecule has 8 heteroatoms. The molecule has 0 atom stereocenters. The maximum atomic E-state index is 15.0. The number of hydrogen-bond donors (Lipinski definition) is 0. The number of aromatic nitrogens is 1. The topological polar surface area (TPSA) is 48.4 Å². The quantitative estimate of drug-likeness (QED) is 0.230. The van der Waals surface area contributed by atoms with E-state index in [-0.39, 0.29) is 11.3 Å². The molecule has 0 bridgehead atoms. The van der Waals surface area contributed by atoms with Crippen molar-refractivity contribution in [3.05, 3.63) is 81.0 Å². The van der Waals surface area contributed by atoms with Gasteiger partial charge in [-0.1, -0.05) is 47.5 Å². The van der Waals surface area contributed by atoms with Crippen LogP contribution < -0.4 is 0 Å². The van der Waals surface area contributed by atoms with Gasteiger partial charge in [0, 0.05) is 16.0 Å². The molecule has 1 heterocycles. The monoisotopic (exact) mass is 463 g/mol. The van der Waals surface area contributed by atoms with Crippen LogP contribution in [-0.4, -0.2) is 25.2 Å². The zero-order valence-corrected chi connectivity index (χ0v) is 18.3. The summed E-state index contributed by atoms with van der Waals surface area (Å²) >= 11 is 13.4. The van der Waals surface area contributed by atoms with E-state index >= 15 is 4.39 Å². The highest BCUT2D eigenvalue weighted by molar-refractivity contribution is 7.13. The second-order valence-electron chi connectivity index (χ2n) is 6.00. The van der Waals surface area contributed by atoms with Crippen molar-refractivity contribution in [1.29, 1.82) is 0 Å². The van der Waals surface area contributed by atoms with Crippen molar-refractivity contribution in [2.75, 3.05) is 14.2 Å². The predicted octanol–water partition coefficient (Wildman–Crippen LogP) is 6.74. The third-order valence-electron chi connectivity index (χ3n) is 4.08. The highest BCUT2D eigenvalue weighted by Gasteiger charge is 2.17. The van der Waals surface area contributed by atoms with Crippen LogP contribution in [0.1, 0.15) is 16.8 Å². The summed E-state index contributed by atoms with van der Waals surface area (Å²) in [4.78, 5) is 16.5. The molecule has 4 nitrogen and oxygen atoms in total. The van der Waals surface area contributed by atoms with Gasteiger partial charge in [-0.15, -0.1) is 11.3 Å². The zero-order chi connectivity index (χ0) is 21.7. The summed E-state index contributed by atoms with van der Waals surface area (Å²) in [6.45, 7) is 0. The largest absolute Gasteiger partial charge is 0.503 e. The van der Waals surface area contributed by atoms with Crippen molar-refractivity contribution in [3.8, 4) is 10.6 Å². The Balaban J connectivity index is 1.98. The Kier molecular flexibility index (Phi) is 7.26. The Hall–Kier alpha value is -2.67. The van der Waals surface area contributed by atoms with Gasteiger partial charge in [0.15, 0.2) is 0 Å². The SMILES string of the molecule is COC=C(C(=O)OC)c1ccccc1C=C(F)c1csc(-c2ccc(Cl)cc2Cl)n1. The number of rotatable bonds is 6. The molecule has 0 radical (unpaired) electrons. The molecule has 0 N–H and O–H groups in total. The average Bonchev–Trinajstić information content (AvgIpc) is 3.22. The Morgan fingerprint density at radius 2 is 1.93 bits per heavy atom. The van der Waals surface area contributed by atoms with Gasteiger partial charge in [-0.25, -0.2) is 14.2 Å². The molecule has 0 saturated carbocycles. The molecule has 0 amide bonds. The van der Waals surface area contributed by atoms with Gasteiger partial charge < -0.3 is 9.47 Å². The number of hydrogen-bond acceptors (Lipinski definition) is 5. The number of benzene rings is 2. The first-order valence-corrected chi connectivity index (χ1v) is 10.3. The first-order chi connectivity index (χ1) is 14.4. The van der Waals surface area contributed by atoms with Crippen molar-refractivity contribution in [3.63, 3.8) is 0 Å². The molecule has 0 fully saturated rings. The minimum absolute atomic E-state index is 0.158. The molecule has 0 aliphatic rings. The van der Waals surface area contributed by atoms with Gasteiger partial charge in [-0.05, 0) is 35.4 Å². The van der Waals surface area contributed by atoms with Crippen molar-refractivity contribution in [2.24, 2.45) is 0 Å². The van der Waals surface area contributed by atoms with Crippen LogP contribution in [0.3, 0.4) is 0 Å². The molecule has 3 rings (SSSR count). The van der Waals surface area contributed by atoms with Crippen LogP contribution in [-0.2, 0) is 14.3 Å². The zero-order valence-electron chi connectivity index (χ0n) is 16.0. The van der Waals surface area contributed by atoms with Crippen LogP contribution in [0.25, 0.3) is 28.0 Å². The molecular weight excluding hydrogens is 448 g/mol. The van der Waals surface area contributed by atoms with Crippen LogP contribution in [0.4, 0.5) is 4.39 Å². The minimum Gasteiger partial charge on any atom is -0.503 e. The van der Waals surface area contributed by atoms with Gasteiger partial charge in [-0.3, -0.25) is 0 Å². The highest BCUT2D eigenvalue weighted by Crippen LogP contribution is 2.34. The van der Waals surface area contributed by atoms with Crippen LogP contribution in [0, 0.1) is 0 Å². The molecule has 0 spiro atoms.